The second-order valence-corrected chi connectivity index (χ2v) is 5.91. The van der Waals surface area contributed by atoms with Crippen molar-refractivity contribution in [2.45, 2.75) is 12.8 Å². The number of aryl methyl sites for hydroxylation is 1. The molecule has 1 heterocycles. The third kappa shape index (κ3) is 3.24. The van der Waals surface area contributed by atoms with Gasteiger partial charge < -0.3 is 10.6 Å². The van der Waals surface area contributed by atoms with Crippen molar-refractivity contribution in [2.24, 2.45) is 0 Å². The maximum atomic E-state index is 12.2. The maximum absolute atomic E-state index is 12.2. The van der Waals surface area contributed by atoms with Crippen LogP contribution in [0.1, 0.15) is 22.3 Å². The van der Waals surface area contributed by atoms with Crippen LogP contribution in [0, 0.1) is 0 Å². The minimum Gasteiger partial charge on any atom is -0.326 e. The first-order valence-electron chi connectivity index (χ1n) is 6.71. The van der Waals surface area contributed by atoms with Crippen LogP contribution in [0.5, 0.6) is 0 Å². The van der Waals surface area contributed by atoms with Crippen molar-refractivity contribution in [3.63, 3.8) is 0 Å². The standard InChI is InChI=1S/C16H12Cl2N2O2/c17-11-5-10(6-12(18)8-11)16(22)19-13-2-3-14-9(7-13)1-4-15(21)20-14/h2-3,5-8H,1,4H2,(H,19,22)(H,20,21). The Bertz CT molecular complexity index is 754. The number of fused-ring (bicyclic) bond motifs is 1. The highest BCUT2D eigenvalue weighted by atomic mass is 35.5. The average Bonchev–Trinajstić information content (AvgIpc) is 2.46. The summed E-state index contributed by atoms with van der Waals surface area (Å²) in [6, 6.07) is 10.1. The van der Waals surface area contributed by atoms with Crippen LogP contribution in [0.2, 0.25) is 10.0 Å². The SMILES string of the molecule is O=C1CCc2cc(NC(=O)c3cc(Cl)cc(Cl)c3)ccc2N1. The molecule has 0 aliphatic carbocycles. The molecule has 2 aromatic rings. The summed E-state index contributed by atoms with van der Waals surface area (Å²) in [7, 11) is 0. The number of rotatable bonds is 2. The number of hydrogen-bond donors (Lipinski definition) is 2. The zero-order valence-electron chi connectivity index (χ0n) is 11.5. The summed E-state index contributed by atoms with van der Waals surface area (Å²) in [6.07, 6.45) is 1.11. The molecule has 112 valence electrons. The molecular weight excluding hydrogens is 323 g/mol. The van der Waals surface area contributed by atoms with E-state index in [2.05, 4.69) is 10.6 Å². The van der Waals surface area contributed by atoms with Crippen molar-refractivity contribution < 1.29 is 9.59 Å². The molecule has 2 aromatic carbocycles. The van der Waals surface area contributed by atoms with Gasteiger partial charge in [-0.1, -0.05) is 23.2 Å². The van der Waals surface area contributed by atoms with Crippen molar-refractivity contribution in [1.29, 1.82) is 0 Å². The Labute approximate surface area is 137 Å². The van der Waals surface area contributed by atoms with Gasteiger partial charge in [0, 0.05) is 33.4 Å². The van der Waals surface area contributed by atoms with Crippen LogP contribution in [-0.4, -0.2) is 11.8 Å². The third-order valence-electron chi connectivity index (χ3n) is 3.38. The predicted octanol–water partition coefficient (Wildman–Crippen LogP) is 4.13. The Morgan fingerprint density at radius 1 is 1.05 bits per heavy atom. The minimum atomic E-state index is -0.288. The van der Waals surface area contributed by atoms with Gasteiger partial charge in [0.25, 0.3) is 5.91 Å². The smallest absolute Gasteiger partial charge is 0.255 e. The first-order valence-corrected chi connectivity index (χ1v) is 7.47. The molecule has 0 saturated heterocycles. The van der Waals surface area contributed by atoms with Gasteiger partial charge in [0.05, 0.1) is 0 Å². The number of anilines is 2. The Balaban J connectivity index is 1.81. The van der Waals surface area contributed by atoms with Gasteiger partial charge in [-0.05, 0) is 48.4 Å². The van der Waals surface area contributed by atoms with Crippen LogP contribution in [0.25, 0.3) is 0 Å². The van der Waals surface area contributed by atoms with E-state index < -0.39 is 0 Å². The molecular formula is C16H12Cl2N2O2. The Morgan fingerprint density at radius 2 is 1.77 bits per heavy atom. The first-order chi connectivity index (χ1) is 10.5. The van der Waals surface area contributed by atoms with Crippen molar-refractivity contribution in [1.82, 2.24) is 0 Å². The molecule has 0 aromatic heterocycles. The zero-order valence-corrected chi connectivity index (χ0v) is 13.0. The number of hydrogen-bond acceptors (Lipinski definition) is 2. The molecule has 2 amide bonds. The molecule has 2 N–H and O–H groups in total. The summed E-state index contributed by atoms with van der Waals surface area (Å²) in [6.45, 7) is 0. The van der Waals surface area contributed by atoms with E-state index >= 15 is 0 Å². The van der Waals surface area contributed by atoms with Gasteiger partial charge in [-0.3, -0.25) is 9.59 Å². The van der Waals surface area contributed by atoms with Gasteiger partial charge in [0.1, 0.15) is 0 Å². The third-order valence-corrected chi connectivity index (χ3v) is 3.82. The van der Waals surface area contributed by atoms with Gasteiger partial charge in [-0.2, -0.15) is 0 Å². The highest BCUT2D eigenvalue weighted by Gasteiger charge is 2.15. The van der Waals surface area contributed by atoms with Gasteiger partial charge >= 0.3 is 0 Å². The van der Waals surface area contributed by atoms with E-state index in [9.17, 15) is 9.59 Å². The Morgan fingerprint density at radius 3 is 2.50 bits per heavy atom. The first kappa shape index (κ1) is 14.9. The van der Waals surface area contributed by atoms with Crippen LogP contribution in [-0.2, 0) is 11.2 Å². The lowest BCUT2D eigenvalue weighted by Gasteiger charge is -2.17. The largest absolute Gasteiger partial charge is 0.326 e. The minimum absolute atomic E-state index is 0.0119. The van der Waals surface area contributed by atoms with Gasteiger partial charge in [0.15, 0.2) is 0 Å². The number of amides is 2. The highest BCUT2D eigenvalue weighted by Crippen LogP contribution is 2.26. The molecule has 0 fully saturated rings. The van der Waals surface area contributed by atoms with E-state index in [0.29, 0.717) is 34.1 Å². The number of carbonyl (C=O) groups excluding carboxylic acids is 2. The summed E-state index contributed by atoms with van der Waals surface area (Å²) >= 11 is 11.8. The topological polar surface area (TPSA) is 58.2 Å². The monoisotopic (exact) mass is 334 g/mol. The van der Waals surface area contributed by atoms with E-state index in [1.165, 1.54) is 0 Å². The van der Waals surface area contributed by atoms with Crippen LogP contribution in [0.4, 0.5) is 11.4 Å². The molecule has 6 heteroatoms. The van der Waals surface area contributed by atoms with Crippen molar-refractivity contribution in [3.05, 3.63) is 57.6 Å². The fourth-order valence-electron chi connectivity index (χ4n) is 2.35. The molecule has 0 spiro atoms. The van der Waals surface area contributed by atoms with Crippen LogP contribution >= 0.6 is 23.2 Å². The maximum Gasteiger partial charge on any atom is 0.255 e. The second-order valence-electron chi connectivity index (χ2n) is 5.03. The van der Waals surface area contributed by atoms with Crippen LogP contribution in [0.15, 0.2) is 36.4 Å². The Kier molecular flexibility index (Phi) is 4.05. The normalized spacial score (nSPS) is 13.3. The summed E-state index contributed by atoms with van der Waals surface area (Å²) in [4.78, 5) is 23.6. The fourth-order valence-corrected chi connectivity index (χ4v) is 2.88. The van der Waals surface area contributed by atoms with E-state index in [1.54, 1.807) is 30.3 Å². The number of carbonyl (C=O) groups is 2. The summed E-state index contributed by atoms with van der Waals surface area (Å²) in [5, 5.41) is 6.42. The quantitative estimate of drug-likeness (QED) is 0.867. The summed E-state index contributed by atoms with van der Waals surface area (Å²) < 4.78 is 0. The van der Waals surface area contributed by atoms with Crippen LogP contribution < -0.4 is 10.6 Å². The molecule has 3 rings (SSSR count). The molecule has 0 saturated carbocycles. The average molecular weight is 335 g/mol. The number of benzene rings is 2. The molecule has 1 aliphatic rings. The van der Waals surface area contributed by atoms with E-state index in [0.717, 1.165) is 11.3 Å². The summed E-state index contributed by atoms with van der Waals surface area (Å²) in [5.74, 6) is -0.276. The number of nitrogens with one attached hydrogen (secondary N) is 2. The lowest BCUT2D eigenvalue weighted by Crippen LogP contribution is -2.19. The van der Waals surface area contributed by atoms with Crippen molar-refractivity contribution in [3.8, 4) is 0 Å². The number of halogens is 2. The van der Waals surface area contributed by atoms with E-state index in [1.807, 2.05) is 6.07 Å². The molecule has 1 aliphatic heterocycles. The molecule has 0 radical (unpaired) electrons. The molecule has 0 bridgehead atoms. The molecule has 0 unspecified atom stereocenters. The van der Waals surface area contributed by atoms with E-state index in [4.69, 9.17) is 23.2 Å². The predicted molar refractivity (Wildman–Crippen MR) is 87.8 cm³/mol. The van der Waals surface area contributed by atoms with Gasteiger partial charge in [-0.25, -0.2) is 0 Å². The highest BCUT2D eigenvalue weighted by molar-refractivity contribution is 6.35. The lowest BCUT2D eigenvalue weighted by atomic mass is 10.0. The molecule has 4 nitrogen and oxygen atoms in total. The van der Waals surface area contributed by atoms with Gasteiger partial charge in [-0.15, -0.1) is 0 Å². The Hall–Kier alpha value is -2.04. The van der Waals surface area contributed by atoms with Crippen molar-refractivity contribution in [2.75, 3.05) is 10.6 Å². The molecule has 22 heavy (non-hydrogen) atoms. The summed E-state index contributed by atoms with van der Waals surface area (Å²) in [5.41, 5.74) is 2.85. The zero-order chi connectivity index (χ0) is 15.7. The van der Waals surface area contributed by atoms with Crippen LogP contribution in [0.3, 0.4) is 0 Å². The molecule has 0 atom stereocenters. The van der Waals surface area contributed by atoms with E-state index in [-0.39, 0.29) is 11.8 Å². The fraction of sp³-hybridized carbons (Fsp3) is 0.125. The van der Waals surface area contributed by atoms with Crippen molar-refractivity contribution >= 4 is 46.4 Å². The lowest BCUT2D eigenvalue weighted by molar-refractivity contribution is -0.116. The van der Waals surface area contributed by atoms with Gasteiger partial charge in [0.2, 0.25) is 5.91 Å². The second kappa shape index (κ2) is 5.99.